The van der Waals surface area contributed by atoms with Gasteiger partial charge in [-0.15, -0.1) is 5.10 Å². The highest BCUT2D eigenvalue weighted by molar-refractivity contribution is 5.72. The Kier molecular flexibility index (Phi) is 1.71. The van der Waals surface area contributed by atoms with Crippen molar-refractivity contribution in [2.75, 3.05) is 0 Å². The molecule has 0 bridgehead atoms. The van der Waals surface area contributed by atoms with Crippen LogP contribution in [0.2, 0.25) is 0 Å². The number of aromatic nitrogens is 4. The minimum atomic E-state index is 0.781. The van der Waals surface area contributed by atoms with Crippen LogP contribution < -0.4 is 0 Å². The van der Waals surface area contributed by atoms with E-state index >= 15 is 0 Å². The minimum absolute atomic E-state index is 0.781. The Balaban J connectivity index is 2.28. The maximum absolute atomic E-state index is 4.26. The number of hydrogen-bond donors (Lipinski definition) is 0. The first-order valence-electron chi connectivity index (χ1n) is 4.66. The van der Waals surface area contributed by atoms with Crippen LogP contribution >= 0.6 is 0 Å². The van der Waals surface area contributed by atoms with Crippen LogP contribution in [0, 0.1) is 0 Å². The second kappa shape index (κ2) is 3.16. The molecule has 0 radical (unpaired) electrons. The predicted octanol–water partition coefficient (Wildman–Crippen LogP) is 1.79. The van der Waals surface area contributed by atoms with Gasteiger partial charge in [-0.05, 0) is 6.07 Å². The van der Waals surface area contributed by atoms with Gasteiger partial charge < -0.3 is 0 Å². The van der Waals surface area contributed by atoms with E-state index in [0.29, 0.717) is 0 Å². The normalized spacial score (nSPS) is 10.7. The molecule has 0 aliphatic carbocycles. The number of rotatable bonds is 1. The Hall–Kier alpha value is -2.23. The maximum atomic E-state index is 4.26. The molecule has 3 aromatic rings. The standard InChI is InChI=1S/C11H8N4/c1-2-5-9(6-3-1)10-11-12-7-4-8-15(11)14-13-10/h1-8H. The average molecular weight is 196 g/mol. The van der Waals surface area contributed by atoms with Gasteiger partial charge in [-0.1, -0.05) is 35.5 Å². The van der Waals surface area contributed by atoms with E-state index in [4.69, 9.17) is 0 Å². The van der Waals surface area contributed by atoms with E-state index in [0.717, 1.165) is 16.9 Å². The molecule has 0 spiro atoms. The van der Waals surface area contributed by atoms with Gasteiger partial charge in [-0.3, -0.25) is 0 Å². The smallest absolute Gasteiger partial charge is 0.183 e. The van der Waals surface area contributed by atoms with Crippen molar-refractivity contribution >= 4 is 5.65 Å². The molecular weight excluding hydrogens is 188 g/mol. The molecular formula is C11H8N4. The van der Waals surface area contributed by atoms with E-state index in [1.807, 2.05) is 42.6 Å². The monoisotopic (exact) mass is 196 g/mol. The van der Waals surface area contributed by atoms with Gasteiger partial charge in [0.25, 0.3) is 0 Å². The van der Waals surface area contributed by atoms with Crippen molar-refractivity contribution in [1.29, 1.82) is 0 Å². The second-order valence-corrected chi connectivity index (χ2v) is 3.19. The molecule has 72 valence electrons. The summed E-state index contributed by atoms with van der Waals surface area (Å²) in [5, 5.41) is 8.12. The van der Waals surface area contributed by atoms with E-state index < -0.39 is 0 Å². The van der Waals surface area contributed by atoms with Crippen LogP contribution in [0.5, 0.6) is 0 Å². The quantitative estimate of drug-likeness (QED) is 0.596. The van der Waals surface area contributed by atoms with Gasteiger partial charge >= 0.3 is 0 Å². The molecule has 4 nitrogen and oxygen atoms in total. The van der Waals surface area contributed by atoms with Gasteiger partial charge in [0.2, 0.25) is 0 Å². The van der Waals surface area contributed by atoms with Gasteiger partial charge in [0.1, 0.15) is 5.69 Å². The summed E-state index contributed by atoms with van der Waals surface area (Å²) < 4.78 is 1.67. The van der Waals surface area contributed by atoms with Crippen molar-refractivity contribution in [2.24, 2.45) is 0 Å². The Labute approximate surface area is 86.2 Å². The third kappa shape index (κ3) is 1.27. The molecule has 0 saturated carbocycles. The summed E-state index contributed by atoms with van der Waals surface area (Å²) in [6.07, 6.45) is 3.58. The van der Waals surface area contributed by atoms with Crippen molar-refractivity contribution < 1.29 is 0 Å². The third-order valence-electron chi connectivity index (χ3n) is 2.23. The fraction of sp³-hybridized carbons (Fsp3) is 0. The highest BCUT2D eigenvalue weighted by atomic mass is 15.4. The highest BCUT2D eigenvalue weighted by Gasteiger charge is 2.07. The summed E-state index contributed by atoms with van der Waals surface area (Å²) in [4.78, 5) is 4.26. The Morgan fingerprint density at radius 3 is 2.73 bits per heavy atom. The molecule has 0 unspecified atom stereocenters. The Morgan fingerprint density at radius 1 is 1.00 bits per heavy atom. The lowest BCUT2D eigenvalue weighted by Crippen LogP contribution is -1.87. The molecule has 0 amide bonds. The fourth-order valence-corrected chi connectivity index (χ4v) is 1.53. The average Bonchev–Trinajstić information content (AvgIpc) is 2.74. The number of benzene rings is 1. The lowest BCUT2D eigenvalue weighted by Gasteiger charge is -1.94. The van der Waals surface area contributed by atoms with Gasteiger partial charge in [0.05, 0.1) is 0 Å². The zero-order valence-corrected chi connectivity index (χ0v) is 7.91. The van der Waals surface area contributed by atoms with Gasteiger partial charge in [0.15, 0.2) is 5.65 Å². The van der Waals surface area contributed by atoms with Crippen LogP contribution in [0.15, 0.2) is 48.8 Å². The maximum Gasteiger partial charge on any atom is 0.183 e. The number of hydrogen-bond acceptors (Lipinski definition) is 3. The summed E-state index contributed by atoms with van der Waals surface area (Å²) >= 11 is 0. The third-order valence-corrected chi connectivity index (χ3v) is 2.23. The van der Waals surface area contributed by atoms with E-state index in [-0.39, 0.29) is 0 Å². The van der Waals surface area contributed by atoms with Crippen LogP contribution in [0.1, 0.15) is 0 Å². The van der Waals surface area contributed by atoms with E-state index in [2.05, 4.69) is 15.3 Å². The van der Waals surface area contributed by atoms with Crippen LogP contribution in [0.4, 0.5) is 0 Å². The van der Waals surface area contributed by atoms with Crippen LogP contribution in [-0.2, 0) is 0 Å². The van der Waals surface area contributed by atoms with E-state index in [1.54, 1.807) is 10.7 Å². The molecule has 0 saturated heterocycles. The van der Waals surface area contributed by atoms with Gasteiger partial charge in [0, 0.05) is 18.0 Å². The molecule has 15 heavy (non-hydrogen) atoms. The first-order valence-corrected chi connectivity index (χ1v) is 4.66. The van der Waals surface area contributed by atoms with Crippen LogP contribution in [0.3, 0.4) is 0 Å². The summed E-state index contributed by atoms with van der Waals surface area (Å²) in [5.41, 5.74) is 2.63. The van der Waals surface area contributed by atoms with Crippen LogP contribution in [-0.4, -0.2) is 19.8 Å². The zero-order chi connectivity index (χ0) is 10.1. The van der Waals surface area contributed by atoms with Crippen molar-refractivity contribution in [3.05, 3.63) is 48.8 Å². The summed E-state index contributed by atoms with van der Waals surface area (Å²) in [6, 6.07) is 11.8. The molecule has 4 heteroatoms. The molecule has 0 N–H and O–H groups in total. The molecule has 0 aliphatic heterocycles. The first-order chi connectivity index (χ1) is 7.45. The molecule has 0 aliphatic rings. The first kappa shape index (κ1) is 8.11. The second-order valence-electron chi connectivity index (χ2n) is 3.19. The topological polar surface area (TPSA) is 43.1 Å². The minimum Gasteiger partial charge on any atom is -0.235 e. The summed E-state index contributed by atoms with van der Waals surface area (Å²) in [5.74, 6) is 0. The SMILES string of the molecule is c1ccc(-c2nnn3cccnc23)cc1. The molecule has 2 aromatic heterocycles. The fourth-order valence-electron chi connectivity index (χ4n) is 1.53. The van der Waals surface area contributed by atoms with Gasteiger partial charge in [-0.25, -0.2) is 9.50 Å². The molecule has 2 heterocycles. The van der Waals surface area contributed by atoms with Crippen molar-refractivity contribution in [2.45, 2.75) is 0 Å². The molecule has 0 fully saturated rings. The molecule has 0 atom stereocenters. The summed E-state index contributed by atoms with van der Waals surface area (Å²) in [7, 11) is 0. The Morgan fingerprint density at radius 2 is 1.87 bits per heavy atom. The largest absolute Gasteiger partial charge is 0.235 e. The zero-order valence-electron chi connectivity index (χ0n) is 7.91. The Bertz CT molecular complexity index is 586. The van der Waals surface area contributed by atoms with Crippen molar-refractivity contribution in [3.8, 4) is 11.3 Å². The van der Waals surface area contributed by atoms with Crippen LogP contribution in [0.25, 0.3) is 16.9 Å². The van der Waals surface area contributed by atoms with Gasteiger partial charge in [-0.2, -0.15) is 0 Å². The highest BCUT2D eigenvalue weighted by Crippen LogP contribution is 2.19. The van der Waals surface area contributed by atoms with Crippen molar-refractivity contribution in [1.82, 2.24) is 19.8 Å². The lowest BCUT2D eigenvalue weighted by molar-refractivity contribution is 0.848. The number of fused-ring (bicyclic) bond motifs is 1. The van der Waals surface area contributed by atoms with E-state index in [1.165, 1.54) is 0 Å². The lowest BCUT2D eigenvalue weighted by atomic mass is 10.2. The van der Waals surface area contributed by atoms with E-state index in [9.17, 15) is 0 Å². The molecule has 3 rings (SSSR count). The summed E-state index contributed by atoms with van der Waals surface area (Å²) in [6.45, 7) is 0. The predicted molar refractivity (Wildman–Crippen MR) is 56.2 cm³/mol. The number of nitrogens with zero attached hydrogens (tertiary/aromatic N) is 4. The van der Waals surface area contributed by atoms with Crippen molar-refractivity contribution in [3.63, 3.8) is 0 Å². The molecule has 1 aromatic carbocycles.